The Morgan fingerprint density at radius 1 is 1.30 bits per heavy atom. The van der Waals surface area contributed by atoms with E-state index in [-0.39, 0.29) is 0 Å². The zero-order valence-corrected chi connectivity index (χ0v) is 12.1. The van der Waals surface area contributed by atoms with Crippen LogP contribution in [0.4, 0.5) is 5.82 Å². The van der Waals surface area contributed by atoms with Crippen molar-refractivity contribution in [2.24, 2.45) is 0 Å². The van der Waals surface area contributed by atoms with Gasteiger partial charge in [-0.3, -0.25) is 0 Å². The Morgan fingerprint density at radius 2 is 2.10 bits per heavy atom. The van der Waals surface area contributed by atoms with E-state index in [2.05, 4.69) is 25.1 Å². The van der Waals surface area contributed by atoms with Gasteiger partial charge in [0.05, 0.1) is 6.26 Å². The lowest BCUT2D eigenvalue weighted by Crippen LogP contribution is -2.27. The van der Waals surface area contributed by atoms with Gasteiger partial charge in [0.25, 0.3) is 0 Å². The van der Waals surface area contributed by atoms with Crippen molar-refractivity contribution in [3.8, 4) is 5.82 Å². The third-order valence-electron chi connectivity index (χ3n) is 2.36. The molecule has 20 heavy (non-hydrogen) atoms. The van der Waals surface area contributed by atoms with Crippen molar-refractivity contribution in [3.63, 3.8) is 0 Å². The van der Waals surface area contributed by atoms with Crippen molar-refractivity contribution in [2.75, 3.05) is 24.7 Å². The van der Waals surface area contributed by atoms with Crippen LogP contribution in [-0.2, 0) is 10.0 Å². The van der Waals surface area contributed by atoms with E-state index < -0.39 is 10.0 Å². The van der Waals surface area contributed by atoms with Gasteiger partial charge in [-0.05, 0) is 13.0 Å². The molecule has 0 aliphatic heterocycles. The van der Waals surface area contributed by atoms with Crippen molar-refractivity contribution in [3.05, 3.63) is 30.4 Å². The van der Waals surface area contributed by atoms with Gasteiger partial charge in [-0.1, -0.05) is 0 Å². The molecule has 0 saturated heterocycles. The van der Waals surface area contributed by atoms with Crippen LogP contribution in [0.2, 0.25) is 0 Å². The van der Waals surface area contributed by atoms with Gasteiger partial charge in [-0.25, -0.2) is 27.8 Å². The summed E-state index contributed by atoms with van der Waals surface area (Å²) < 4.78 is 25.9. The first-order valence-corrected chi connectivity index (χ1v) is 7.87. The van der Waals surface area contributed by atoms with Crippen molar-refractivity contribution in [2.45, 2.75) is 6.92 Å². The zero-order valence-electron chi connectivity index (χ0n) is 11.2. The Morgan fingerprint density at radius 3 is 2.75 bits per heavy atom. The summed E-state index contributed by atoms with van der Waals surface area (Å²) in [5.41, 5.74) is 0. The summed E-state index contributed by atoms with van der Waals surface area (Å²) in [5, 5.41) is 7.15. The lowest BCUT2D eigenvalue weighted by molar-refractivity contribution is 0.589. The lowest BCUT2D eigenvalue weighted by atomic mass is 10.4. The maximum absolute atomic E-state index is 10.9. The van der Waals surface area contributed by atoms with Gasteiger partial charge in [0.15, 0.2) is 5.82 Å². The molecule has 2 aromatic heterocycles. The number of aromatic nitrogens is 4. The first-order valence-electron chi connectivity index (χ1n) is 5.98. The maximum atomic E-state index is 10.9. The number of rotatable bonds is 6. The SMILES string of the molecule is Cc1nc(NCCNS(C)(=O)=O)cc(-n2cccn2)n1. The summed E-state index contributed by atoms with van der Waals surface area (Å²) in [6.45, 7) is 2.51. The standard InChI is InChI=1S/C11H16N6O2S/c1-9-15-10(12-5-6-14-20(2,18)19)8-11(16-9)17-7-3-4-13-17/h3-4,7-8,14H,5-6H2,1-2H3,(H,12,15,16). The van der Waals surface area contributed by atoms with Crippen LogP contribution in [0, 0.1) is 6.92 Å². The molecular weight excluding hydrogens is 280 g/mol. The molecular formula is C11H16N6O2S. The highest BCUT2D eigenvalue weighted by Crippen LogP contribution is 2.09. The predicted octanol–water partition coefficient (Wildman–Crippen LogP) is -0.0682. The Labute approximate surface area is 117 Å². The fourth-order valence-electron chi connectivity index (χ4n) is 1.59. The van der Waals surface area contributed by atoms with E-state index >= 15 is 0 Å². The third-order valence-corrected chi connectivity index (χ3v) is 3.09. The molecule has 2 N–H and O–H groups in total. The molecule has 0 aromatic carbocycles. The smallest absolute Gasteiger partial charge is 0.208 e. The Bertz CT molecular complexity index is 668. The van der Waals surface area contributed by atoms with Gasteiger partial charge in [0.1, 0.15) is 11.6 Å². The number of hydrogen-bond acceptors (Lipinski definition) is 6. The monoisotopic (exact) mass is 296 g/mol. The van der Waals surface area contributed by atoms with E-state index in [1.807, 2.05) is 0 Å². The molecule has 0 atom stereocenters. The second-order valence-electron chi connectivity index (χ2n) is 4.20. The zero-order chi connectivity index (χ0) is 14.6. The summed E-state index contributed by atoms with van der Waals surface area (Å²) in [5.74, 6) is 1.89. The van der Waals surface area contributed by atoms with Gasteiger partial charge >= 0.3 is 0 Å². The molecule has 0 saturated carbocycles. The average Bonchev–Trinajstić information content (AvgIpc) is 2.86. The van der Waals surface area contributed by atoms with Crippen LogP contribution >= 0.6 is 0 Å². The van der Waals surface area contributed by atoms with E-state index in [1.165, 1.54) is 0 Å². The quantitative estimate of drug-likeness (QED) is 0.724. The number of nitrogens with one attached hydrogen (secondary N) is 2. The lowest BCUT2D eigenvalue weighted by Gasteiger charge is -2.08. The van der Waals surface area contributed by atoms with Crippen LogP contribution < -0.4 is 10.0 Å². The summed E-state index contributed by atoms with van der Waals surface area (Å²) in [6, 6.07) is 3.56. The Balaban J connectivity index is 2.02. The first-order chi connectivity index (χ1) is 9.44. The molecule has 0 spiro atoms. The Kier molecular flexibility index (Phi) is 4.30. The highest BCUT2D eigenvalue weighted by Gasteiger charge is 2.04. The minimum atomic E-state index is -3.17. The molecule has 8 nitrogen and oxygen atoms in total. The van der Waals surface area contributed by atoms with E-state index in [4.69, 9.17) is 0 Å². The summed E-state index contributed by atoms with van der Waals surface area (Å²) in [4.78, 5) is 8.52. The van der Waals surface area contributed by atoms with Gasteiger partial charge in [0, 0.05) is 31.5 Å². The van der Waals surface area contributed by atoms with Crippen molar-refractivity contribution in [1.82, 2.24) is 24.5 Å². The summed E-state index contributed by atoms with van der Waals surface area (Å²) in [6.07, 6.45) is 4.58. The number of sulfonamides is 1. The second-order valence-corrected chi connectivity index (χ2v) is 6.04. The fourth-order valence-corrected chi connectivity index (χ4v) is 2.06. The summed E-state index contributed by atoms with van der Waals surface area (Å²) in [7, 11) is -3.17. The van der Waals surface area contributed by atoms with E-state index in [9.17, 15) is 8.42 Å². The molecule has 0 radical (unpaired) electrons. The highest BCUT2D eigenvalue weighted by atomic mass is 32.2. The van der Waals surface area contributed by atoms with Gasteiger partial charge in [-0.15, -0.1) is 0 Å². The molecule has 0 fully saturated rings. The van der Waals surface area contributed by atoms with Crippen molar-refractivity contribution in [1.29, 1.82) is 0 Å². The van der Waals surface area contributed by atoms with Crippen molar-refractivity contribution >= 4 is 15.8 Å². The fraction of sp³-hybridized carbons (Fsp3) is 0.364. The Hall–Kier alpha value is -2.00. The molecule has 2 rings (SSSR count). The molecule has 9 heteroatoms. The maximum Gasteiger partial charge on any atom is 0.208 e. The first kappa shape index (κ1) is 14.4. The normalized spacial score (nSPS) is 11.5. The van der Waals surface area contributed by atoms with Crippen LogP contribution in [0.25, 0.3) is 5.82 Å². The van der Waals surface area contributed by atoms with Gasteiger partial charge < -0.3 is 5.32 Å². The second kappa shape index (κ2) is 5.97. The van der Waals surface area contributed by atoms with E-state index in [0.717, 1.165) is 6.26 Å². The number of hydrogen-bond donors (Lipinski definition) is 2. The summed E-state index contributed by atoms with van der Waals surface area (Å²) >= 11 is 0. The van der Waals surface area contributed by atoms with Crippen LogP contribution in [0.3, 0.4) is 0 Å². The van der Waals surface area contributed by atoms with Gasteiger partial charge in [-0.2, -0.15) is 5.10 Å². The molecule has 108 valence electrons. The van der Waals surface area contributed by atoms with Crippen LogP contribution in [0.5, 0.6) is 0 Å². The van der Waals surface area contributed by atoms with E-state index in [0.29, 0.717) is 30.5 Å². The molecule has 0 aliphatic carbocycles. The molecule has 0 amide bonds. The van der Waals surface area contributed by atoms with Crippen molar-refractivity contribution < 1.29 is 8.42 Å². The van der Waals surface area contributed by atoms with Gasteiger partial charge in [0.2, 0.25) is 10.0 Å². The largest absolute Gasteiger partial charge is 0.369 e. The third kappa shape index (κ3) is 4.28. The number of anilines is 1. The molecule has 0 bridgehead atoms. The van der Waals surface area contributed by atoms with E-state index in [1.54, 1.807) is 36.1 Å². The predicted molar refractivity (Wildman–Crippen MR) is 75.2 cm³/mol. The highest BCUT2D eigenvalue weighted by molar-refractivity contribution is 7.88. The average molecular weight is 296 g/mol. The number of nitrogens with zero attached hydrogens (tertiary/aromatic N) is 4. The molecule has 2 aromatic rings. The molecule has 2 heterocycles. The van der Waals surface area contributed by atoms with Crippen LogP contribution in [-0.4, -0.2) is 47.5 Å². The van der Waals surface area contributed by atoms with Crippen LogP contribution in [0.15, 0.2) is 24.5 Å². The molecule has 0 aliphatic rings. The minimum Gasteiger partial charge on any atom is -0.369 e. The number of aryl methyl sites for hydroxylation is 1. The van der Waals surface area contributed by atoms with Crippen LogP contribution in [0.1, 0.15) is 5.82 Å². The minimum absolute atomic E-state index is 0.291. The topological polar surface area (TPSA) is 102 Å². The molecule has 0 unspecified atom stereocenters.